The van der Waals surface area contributed by atoms with Crippen LogP contribution in [0.3, 0.4) is 0 Å². The van der Waals surface area contributed by atoms with Gasteiger partial charge in [0.2, 0.25) is 5.78 Å². The molecule has 1 aliphatic rings. The maximum Gasteiger partial charge on any atom is 0.333 e. The number of anilines is 1. The van der Waals surface area contributed by atoms with Crippen molar-refractivity contribution in [2.24, 2.45) is 11.1 Å². The molecule has 0 amide bonds. The predicted octanol–water partition coefficient (Wildman–Crippen LogP) is 1.15. The van der Waals surface area contributed by atoms with Gasteiger partial charge in [-0.1, -0.05) is 0 Å². The Morgan fingerprint density at radius 3 is 2.81 bits per heavy atom. The Balaban J connectivity index is 1.42. The Morgan fingerprint density at radius 1 is 1.22 bits per heavy atom. The van der Waals surface area contributed by atoms with E-state index in [9.17, 15) is 13.2 Å². The minimum atomic E-state index is -3.95. The summed E-state index contributed by atoms with van der Waals surface area (Å²) in [6.45, 7) is 0.567. The van der Waals surface area contributed by atoms with Gasteiger partial charge in [-0.05, 0) is 48.9 Å². The van der Waals surface area contributed by atoms with Gasteiger partial charge >= 0.3 is 10.3 Å². The summed E-state index contributed by atoms with van der Waals surface area (Å²) in [5, 5.41) is 12.6. The van der Waals surface area contributed by atoms with Crippen molar-refractivity contribution in [1.82, 2.24) is 24.7 Å². The molecule has 0 unspecified atom stereocenters. The van der Waals surface area contributed by atoms with Crippen LogP contribution < -0.4 is 10.5 Å². The second-order valence-corrected chi connectivity index (χ2v) is 8.89. The average Bonchev–Trinajstić information content (AvgIpc) is 3.42. The van der Waals surface area contributed by atoms with E-state index in [0.717, 1.165) is 18.4 Å². The number of carbonyl (C=O) groups excluding carboxylic acids is 1. The lowest BCUT2D eigenvalue weighted by Gasteiger charge is -2.15. The van der Waals surface area contributed by atoms with E-state index >= 15 is 0 Å². The molecule has 0 bridgehead atoms. The van der Waals surface area contributed by atoms with Gasteiger partial charge in [0.1, 0.15) is 17.8 Å². The number of hydrogen-bond donors (Lipinski definition) is 2. The van der Waals surface area contributed by atoms with Gasteiger partial charge in [-0.2, -0.15) is 13.5 Å². The molecule has 1 fully saturated rings. The molecule has 0 saturated heterocycles. The van der Waals surface area contributed by atoms with Gasteiger partial charge < -0.3 is 5.32 Å². The SMILES string of the molecule is NS(=O)(=O)OC[C@@H]1CC[C@H](Nc2ncncc2C(=O)c2ccn(Cc3ccncc3)n2)C1. The molecule has 3 aromatic heterocycles. The summed E-state index contributed by atoms with van der Waals surface area (Å²) in [6.07, 6.45) is 10.2. The fourth-order valence-electron chi connectivity index (χ4n) is 3.74. The molecule has 11 nitrogen and oxygen atoms in total. The summed E-state index contributed by atoms with van der Waals surface area (Å²) in [4.78, 5) is 25.3. The van der Waals surface area contributed by atoms with E-state index in [0.29, 0.717) is 30.0 Å². The Hall–Kier alpha value is -3.22. The van der Waals surface area contributed by atoms with Gasteiger partial charge in [-0.25, -0.2) is 15.1 Å². The van der Waals surface area contributed by atoms with Gasteiger partial charge in [-0.3, -0.25) is 18.6 Å². The summed E-state index contributed by atoms with van der Waals surface area (Å²) in [7, 11) is -3.95. The fraction of sp³-hybridized carbons (Fsp3) is 0.350. The topological polar surface area (TPSA) is 155 Å². The molecule has 3 N–H and O–H groups in total. The Morgan fingerprint density at radius 2 is 2.03 bits per heavy atom. The van der Waals surface area contributed by atoms with Crippen molar-refractivity contribution in [2.45, 2.75) is 31.8 Å². The normalized spacial score (nSPS) is 18.5. The number of rotatable bonds is 9. The Kier molecular flexibility index (Phi) is 6.53. The van der Waals surface area contributed by atoms with Crippen molar-refractivity contribution in [3.05, 3.63) is 66.1 Å². The maximum absolute atomic E-state index is 13.1. The highest BCUT2D eigenvalue weighted by atomic mass is 32.2. The lowest BCUT2D eigenvalue weighted by atomic mass is 10.1. The zero-order valence-corrected chi connectivity index (χ0v) is 18.0. The highest BCUT2D eigenvalue weighted by Crippen LogP contribution is 2.29. The van der Waals surface area contributed by atoms with Crippen LogP contribution in [0.2, 0.25) is 0 Å². The number of carbonyl (C=O) groups is 1. The van der Waals surface area contributed by atoms with Crippen LogP contribution in [0.4, 0.5) is 5.82 Å². The summed E-state index contributed by atoms with van der Waals surface area (Å²) >= 11 is 0. The standard InChI is InChI=1S/C20H23N7O4S/c21-32(29,30)31-12-15-1-2-16(9-15)25-20-17(10-23-13-24-20)19(28)18-5-8-27(26-18)11-14-3-6-22-7-4-14/h3-8,10,13,15-16H,1-2,9,11-12H2,(H2,21,29,30)(H,23,24,25)/t15-,16+/m1/s1. The van der Waals surface area contributed by atoms with E-state index in [4.69, 9.17) is 9.32 Å². The van der Waals surface area contributed by atoms with Crippen LogP contribution in [0.15, 0.2) is 49.3 Å². The molecule has 4 rings (SSSR count). The second kappa shape index (κ2) is 9.51. The zero-order chi connectivity index (χ0) is 22.6. The van der Waals surface area contributed by atoms with Gasteiger partial charge in [0.05, 0.1) is 18.7 Å². The lowest BCUT2D eigenvalue weighted by molar-refractivity contribution is 0.103. The number of pyridine rings is 1. The summed E-state index contributed by atoms with van der Waals surface area (Å²) < 4.78 is 28.4. The van der Waals surface area contributed by atoms with E-state index in [1.54, 1.807) is 29.3 Å². The van der Waals surface area contributed by atoms with Crippen molar-refractivity contribution in [2.75, 3.05) is 11.9 Å². The molecule has 12 heteroatoms. The first-order valence-corrected chi connectivity index (χ1v) is 11.6. The number of hydrogen-bond acceptors (Lipinski definition) is 9. The highest BCUT2D eigenvalue weighted by molar-refractivity contribution is 7.84. The predicted molar refractivity (Wildman–Crippen MR) is 115 cm³/mol. The van der Waals surface area contributed by atoms with Crippen molar-refractivity contribution >= 4 is 21.9 Å². The van der Waals surface area contributed by atoms with Gasteiger partial charge in [0.25, 0.3) is 0 Å². The van der Waals surface area contributed by atoms with Crippen molar-refractivity contribution in [1.29, 1.82) is 0 Å². The molecule has 32 heavy (non-hydrogen) atoms. The monoisotopic (exact) mass is 457 g/mol. The van der Waals surface area contributed by atoms with E-state index < -0.39 is 10.3 Å². The summed E-state index contributed by atoms with van der Waals surface area (Å²) in [6, 6.07) is 5.46. The molecular weight excluding hydrogens is 434 g/mol. The Labute approximate surface area is 185 Å². The molecule has 0 aromatic carbocycles. The minimum absolute atomic E-state index is 0.0229. The third kappa shape index (κ3) is 5.72. The van der Waals surface area contributed by atoms with Crippen LogP contribution in [-0.2, 0) is 21.0 Å². The van der Waals surface area contributed by atoms with Crippen LogP contribution in [0.1, 0.15) is 40.9 Å². The molecule has 2 atom stereocenters. The first-order chi connectivity index (χ1) is 15.4. The molecule has 0 aliphatic heterocycles. The van der Waals surface area contributed by atoms with Gasteiger partial charge in [0.15, 0.2) is 0 Å². The third-order valence-electron chi connectivity index (χ3n) is 5.27. The molecule has 3 heterocycles. The highest BCUT2D eigenvalue weighted by Gasteiger charge is 2.28. The minimum Gasteiger partial charge on any atom is -0.367 e. The average molecular weight is 458 g/mol. The molecule has 0 spiro atoms. The third-order valence-corrected chi connectivity index (χ3v) is 5.74. The van der Waals surface area contributed by atoms with Crippen molar-refractivity contribution < 1.29 is 17.4 Å². The molecule has 0 radical (unpaired) electrons. The van der Waals surface area contributed by atoms with Crippen LogP contribution >= 0.6 is 0 Å². The van der Waals surface area contributed by atoms with Gasteiger partial charge in [0, 0.05) is 30.8 Å². The summed E-state index contributed by atoms with van der Waals surface area (Å²) in [5.74, 6) is 0.191. The zero-order valence-electron chi connectivity index (χ0n) is 17.2. The first-order valence-electron chi connectivity index (χ1n) is 10.1. The fourth-order valence-corrected chi connectivity index (χ4v) is 4.12. The number of nitrogens with one attached hydrogen (secondary N) is 1. The van der Waals surface area contributed by atoms with E-state index in [1.165, 1.54) is 12.5 Å². The van der Waals surface area contributed by atoms with E-state index in [2.05, 4.69) is 25.4 Å². The van der Waals surface area contributed by atoms with Crippen molar-refractivity contribution in [3.8, 4) is 0 Å². The first kappa shape index (κ1) is 22.0. The largest absolute Gasteiger partial charge is 0.367 e. The van der Waals surface area contributed by atoms with Crippen LogP contribution in [-0.4, -0.2) is 51.6 Å². The van der Waals surface area contributed by atoms with E-state index in [-0.39, 0.29) is 24.3 Å². The summed E-state index contributed by atoms with van der Waals surface area (Å²) in [5.41, 5.74) is 1.64. The smallest absolute Gasteiger partial charge is 0.333 e. The maximum atomic E-state index is 13.1. The molecule has 1 aliphatic carbocycles. The second-order valence-electron chi connectivity index (χ2n) is 7.67. The number of aromatic nitrogens is 5. The quantitative estimate of drug-likeness (QED) is 0.450. The van der Waals surface area contributed by atoms with Crippen molar-refractivity contribution in [3.63, 3.8) is 0 Å². The molecule has 3 aromatic rings. The number of nitrogens with zero attached hydrogens (tertiary/aromatic N) is 5. The lowest BCUT2D eigenvalue weighted by Crippen LogP contribution is -2.22. The van der Waals surface area contributed by atoms with Crippen LogP contribution in [0, 0.1) is 5.92 Å². The molecule has 168 valence electrons. The molecule has 1 saturated carbocycles. The number of ketones is 1. The van der Waals surface area contributed by atoms with Gasteiger partial charge in [-0.15, -0.1) is 0 Å². The molecular formula is C20H23N7O4S. The van der Waals surface area contributed by atoms with Crippen LogP contribution in [0.25, 0.3) is 0 Å². The number of nitrogens with two attached hydrogens (primary N) is 1. The van der Waals surface area contributed by atoms with E-state index in [1.807, 2.05) is 12.1 Å². The Bertz CT molecular complexity index is 1180. The van der Waals surface area contributed by atoms with Crippen LogP contribution in [0.5, 0.6) is 0 Å².